The Labute approximate surface area is 311 Å². The van der Waals surface area contributed by atoms with E-state index in [1.54, 1.807) is 0 Å². The minimum atomic E-state index is -0.435. The number of hydrogen-bond donors (Lipinski definition) is 0. The first-order chi connectivity index (χ1) is 25.5. The van der Waals surface area contributed by atoms with Crippen molar-refractivity contribution in [1.82, 2.24) is 4.57 Å². The topological polar surface area (TPSA) is 26.5 Å². The summed E-state index contributed by atoms with van der Waals surface area (Å²) in [4.78, 5) is 5.70. The van der Waals surface area contributed by atoms with Gasteiger partial charge < -0.3 is 9.30 Å². The first-order valence-corrected chi connectivity index (χ1v) is 18.9. The highest BCUT2D eigenvalue weighted by molar-refractivity contribution is 5.94. The van der Waals surface area contributed by atoms with Gasteiger partial charge in [0.1, 0.15) is 5.75 Å². The lowest BCUT2D eigenvalue weighted by atomic mass is 9.84. The molecule has 5 aromatic carbocycles. The van der Waals surface area contributed by atoms with Gasteiger partial charge in [-0.2, -0.15) is 0 Å². The van der Waals surface area contributed by atoms with Crippen LogP contribution in [0.25, 0.3) is 22.3 Å². The van der Waals surface area contributed by atoms with Crippen LogP contribution in [0, 0.1) is 0 Å². The van der Waals surface area contributed by atoms with E-state index in [0.717, 1.165) is 78.1 Å². The summed E-state index contributed by atoms with van der Waals surface area (Å²) in [5.41, 5.74) is 10.1. The zero-order valence-corrected chi connectivity index (χ0v) is 31.2. The molecular weight excluding hydrogens is 633 g/mol. The predicted octanol–water partition coefficient (Wildman–Crippen LogP) is 12.9. The molecule has 0 aliphatic carbocycles. The van der Waals surface area contributed by atoms with Gasteiger partial charge in [0.15, 0.2) is 6.10 Å². The summed E-state index contributed by atoms with van der Waals surface area (Å²) < 4.78 is 9.73. The molecule has 6 rings (SSSR count). The average Bonchev–Trinajstić information content (AvgIpc) is 3.71. The normalized spacial score (nSPS) is 12.7. The quantitative estimate of drug-likeness (QED) is 0.0736. The lowest BCUT2D eigenvalue weighted by molar-refractivity contribution is 0.310. The highest BCUT2D eigenvalue weighted by atomic mass is 16.5. The Morgan fingerprint density at radius 3 is 1.71 bits per heavy atom. The van der Waals surface area contributed by atoms with Gasteiger partial charge in [0, 0.05) is 41.9 Å². The number of hydrogen-bond acceptors (Lipinski definition) is 2. The summed E-state index contributed by atoms with van der Waals surface area (Å²) in [6.07, 6.45) is 13.2. The fourth-order valence-electron chi connectivity index (χ4n) is 6.89. The van der Waals surface area contributed by atoms with Crippen LogP contribution >= 0.6 is 0 Å². The van der Waals surface area contributed by atoms with Gasteiger partial charge in [-0.1, -0.05) is 174 Å². The number of benzene rings is 5. The molecule has 0 saturated carbocycles. The number of aryl methyl sites for hydroxylation is 3. The summed E-state index contributed by atoms with van der Waals surface area (Å²) in [7, 11) is 0. The second-order valence-corrected chi connectivity index (χ2v) is 14.1. The lowest BCUT2D eigenvalue weighted by Gasteiger charge is -2.26. The first-order valence-electron chi connectivity index (χ1n) is 18.9. The Morgan fingerprint density at radius 2 is 1.17 bits per heavy atom. The molecule has 0 spiro atoms. The largest absolute Gasteiger partial charge is 0.479 e. The summed E-state index contributed by atoms with van der Waals surface area (Å²) in [6, 6.07) is 49.3. The number of nitrogens with zero attached hydrogens (tertiary/aromatic N) is 2. The molecule has 0 bridgehead atoms. The fourth-order valence-corrected chi connectivity index (χ4v) is 6.89. The standard InChI is InChI=1S/C49H52N2O/c1-5-20-40-26-18-27-41(21-6-2)47(40)50-45(33-37-51-35-16-17-36-51)46(32-34-49(3,4)42-28-14-9-15-29-42)52-48-43(38-22-10-7-11-23-38)30-19-31-44(48)39-24-12-8-13-25-39/h7-19,22-32,34-36,46H,5-6,20-21,33,37H2,1-4H3/b34-32+,50-45?/t46-/m1/s1. The van der Waals surface area contributed by atoms with Gasteiger partial charge >= 0.3 is 0 Å². The van der Waals surface area contributed by atoms with Crippen LogP contribution in [0.2, 0.25) is 0 Å². The molecule has 1 heterocycles. The minimum absolute atomic E-state index is 0.233. The monoisotopic (exact) mass is 684 g/mol. The Hall–Kier alpha value is -5.41. The number of para-hydroxylation sites is 2. The van der Waals surface area contributed by atoms with Crippen molar-refractivity contribution in [3.8, 4) is 28.0 Å². The highest BCUT2D eigenvalue weighted by Gasteiger charge is 2.24. The third-order valence-electron chi connectivity index (χ3n) is 9.75. The van der Waals surface area contributed by atoms with Gasteiger partial charge in [0.05, 0.1) is 11.4 Å². The SMILES string of the molecule is CCCc1cccc(CCC)c1N=C(CCn1cccc1)[C@@H](/C=C/C(C)(C)c1ccccc1)Oc1c(-c2ccccc2)cccc1-c1ccccc1. The molecule has 0 unspecified atom stereocenters. The summed E-state index contributed by atoms with van der Waals surface area (Å²) in [6.45, 7) is 9.84. The molecule has 0 amide bonds. The Bertz CT molecular complexity index is 1960. The number of allylic oxidation sites excluding steroid dienone is 1. The van der Waals surface area contributed by atoms with E-state index in [2.05, 4.69) is 196 Å². The van der Waals surface area contributed by atoms with Crippen molar-refractivity contribution < 1.29 is 4.74 Å². The molecule has 0 aliphatic heterocycles. The highest BCUT2D eigenvalue weighted by Crippen LogP contribution is 2.40. The lowest BCUT2D eigenvalue weighted by Crippen LogP contribution is -2.28. The number of aromatic nitrogens is 1. The smallest absolute Gasteiger partial charge is 0.155 e. The van der Waals surface area contributed by atoms with E-state index in [9.17, 15) is 0 Å². The maximum absolute atomic E-state index is 7.49. The maximum Gasteiger partial charge on any atom is 0.155 e. The number of ether oxygens (including phenoxy) is 1. The van der Waals surface area contributed by atoms with E-state index in [4.69, 9.17) is 9.73 Å². The van der Waals surface area contributed by atoms with E-state index in [-0.39, 0.29) is 5.41 Å². The van der Waals surface area contributed by atoms with Crippen molar-refractivity contribution in [2.75, 3.05) is 0 Å². The van der Waals surface area contributed by atoms with Gasteiger partial charge in [0.2, 0.25) is 0 Å². The molecule has 264 valence electrons. The summed E-state index contributed by atoms with van der Waals surface area (Å²) >= 11 is 0. The third-order valence-corrected chi connectivity index (χ3v) is 9.75. The number of rotatable bonds is 16. The molecule has 0 saturated heterocycles. The molecule has 3 nitrogen and oxygen atoms in total. The van der Waals surface area contributed by atoms with Crippen LogP contribution in [-0.4, -0.2) is 16.4 Å². The van der Waals surface area contributed by atoms with E-state index in [0.29, 0.717) is 0 Å². The Balaban J connectivity index is 1.57. The van der Waals surface area contributed by atoms with E-state index in [1.165, 1.54) is 16.7 Å². The molecule has 0 aliphatic rings. The molecule has 3 heteroatoms. The van der Waals surface area contributed by atoms with Gasteiger partial charge in [-0.15, -0.1) is 0 Å². The van der Waals surface area contributed by atoms with Crippen molar-refractivity contribution in [1.29, 1.82) is 0 Å². The molecule has 1 atom stereocenters. The molecular formula is C49H52N2O. The first kappa shape index (κ1) is 36.4. The van der Waals surface area contributed by atoms with Crippen molar-refractivity contribution in [3.05, 3.63) is 181 Å². The molecule has 52 heavy (non-hydrogen) atoms. The zero-order valence-electron chi connectivity index (χ0n) is 31.2. The Morgan fingerprint density at radius 1 is 0.654 bits per heavy atom. The second-order valence-electron chi connectivity index (χ2n) is 14.1. The summed E-state index contributed by atoms with van der Waals surface area (Å²) in [5.74, 6) is 0.858. The van der Waals surface area contributed by atoms with Gasteiger partial charge in [-0.05, 0) is 58.9 Å². The molecule has 6 aromatic rings. The van der Waals surface area contributed by atoms with E-state index < -0.39 is 6.10 Å². The fraction of sp³-hybridized carbons (Fsp3) is 0.245. The van der Waals surface area contributed by atoms with E-state index >= 15 is 0 Å². The van der Waals surface area contributed by atoms with E-state index in [1.807, 2.05) is 0 Å². The molecule has 0 fully saturated rings. The van der Waals surface area contributed by atoms with Gasteiger partial charge in [-0.3, -0.25) is 4.99 Å². The van der Waals surface area contributed by atoms with Crippen molar-refractivity contribution in [2.45, 2.75) is 77.9 Å². The predicted molar refractivity (Wildman–Crippen MR) is 221 cm³/mol. The minimum Gasteiger partial charge on any atom is -0.479 e. The third kappa shape index (κ3) is 9.08. The van der Waals surface area contributed by atoms with Crippen molar-refractivity contribution >= 4 is 11.4 Å². The van der Waals surface area contributed by atoms with Crippen molar-refractivity contribution in [2.24, 2.45) is 4.99 Å². The van der Waals surface area contributed by atoms with Gasteiger partial charge in [0.25, 0.3) is 0 Å². The van der Waals surface area contributed by atoms with Gasteiger partial charge in [-0.25, -0.2) is 0 Å². The van der Waals surface area contributed by atoms with Crippen LogP contribution in [0.4, 0.5) is 5.69 Å². The molecule has 0 radical (unpaired) electrons. The molecule has 1 aromatic heterocycles. The van der Waals surface area contributed by atoms with Crippen LogP contribution in [-0.2, 0) is 24.8 Å². The van der Waals surface area contributed by atoms with Crippen LogP contribution in [0.1, 0.15) is 63.6 Å². The molecule has 0 N–H and O–H groups in total. The zero-order chi connectivity index (χ0) is 36.2. The average molecular weight is 685 g/mol. The van der Waals surface area contributed by atoms with Crippen LogP contribution in [0.3, 0.4) is 0 Å². The van der Waals surface area contributed by atoms with Crippen LogP contribution in [0.15, 0.2) is 169 Å². The summed E-state index contributed by atoms with van der Waals surface area (Å²) in [5, 5.41) is 0. The Kier molecular flexibility index (Phi) is 12.4. The maximum atomic E-state index is 7.49. The second kappa shape index (κ2) is 17.7. The van der Waals surface area contributed by atoms with Crippen LogP contribution in [0.5, 0.6) is 5.75 Å². The number of aliphatic imine (C=N–C) groups is 1. The van der Waals surface area contributed by atoms with Crippen LogP contribution < -0.4 is 4.74 Å². The van der Waals surface area contributed by atoms with Crippen molar-refractivity contribution in [3.63, 3.8) is 0 Å².